The number of hydrogen-bond acceptors (Lipinski definition) is 6. The third kappa shape index (κ3) is 5.47. The Morgan fingerprint density at radius 2 is 2.10 bits per heavy atom. The molecule has 0 aliphatic heterocycles. The van der Waals surface area contributed by atoms with Crippen LogP contribution in [0, 0.1) is 0 Å². The molecular weight excluding hydrogens is 278 g/mol. The largest absolute Gasteiger partial charge is 0.459 e. The molecule has 0 saturated heterocycles. The van der Waals surface area contributed by atoms with Crippen LogP contribution in [0.4, 0.5) is 4.79 Å². The first kappa shape index (κ1) is 16.4. The fourth-order valence-electron chi connectivity index (χ4n) is 1.40. The zero-order valence-electron chi connectivity index (χ0n) is 11.8. The number of pyridine rings is 1. The highest BCUT2D eigenvalue weighted by molar-refractivity contribution is 5.90. The van der Waals surface area contributed by atoms with Crippen molar-refractivity contribution in [2.75, 3.05) is 20.3 Å². The molecular formula is C13H17N3O5. The second kappa shape index (κ2) is 8.51. The zero-order chi connectivity index (χ0) is 15.7. The minimum Gasteiger partial charge on any atom is -0.459 e. The Balaban J connectivity index is 2.59. The van der Waals surface area contributed by atoms with Crippen molar-refractivity contribution in [2.24, 2.45) is 0 Å². The van der Waals surface area contributed by atoms with Gasteiger partial charge in [0.15, 0.2) is 0 Å². The molecule has 0 aromatic carbocycles. The average Bonchev–Trinajstić information content (AvgIpc) is 2.51. The lowest BCUT2D eigenvalue weighted by molar-refractivity contribution is -0.123. The van der Waals surface area contributed by atoms with Crippen LogP contribution in [0.2, 0.25) is 0 Å². The molecule has 1 rings (SSSR count). The van der Waals surface area contributed by atoms with Crippen molar-refractivity contribution in [1.82, 2.24) is 15.6 Å². The van der Waals surface area contributed by atoms with Crippen LogP contribution in [-0.2, 0) is 14.3 Å². The van der Waals surface area contributed by atoms with E-state index in [4.69, 9.17) is 4.74 Å². The topological polar surface area (TPSA) is 107 Å². The lowest BCUT2D eigenvalue weighted by atomic mass is 10.3. The smallest absolute Gasteiger partial charge is 0.407 e. The predicted molar refractivity (Wildman–Crippen MR) is 72.5 cm³/mol. The second-order valence-corrected chi connectivity index (χ2v) is 3.87. The molecule has 2 N–H and O–H groups in total. The fourth-order valence-corrected chi connectivity index (χ4v) is 1.40. The summed E-state index contributed by atoms with van der Waals surface area (Å²) >= 11 is 0. The zero-order valence-corrected chi connectivity index (χ0v) is 11.8. The van der Waals surface area contributed by atoms with E-state index >= 15 is 0 Å². The van der Waals surface area contributed by atoms with Gasteiger partial charge in [0.25, 0.3) is 0 Å². The molecule has 0 fully saturated rings. The molecule has 8 heteroatoms. The van der Waals surface area contributed by atoms with Crippen molar-refractivity contribution < 1.29 is 23.9 Å². The third-order valence-electron chi connectivity index (χ3n) is 2.41. The monoisotopic (exact) mass is 295 g/mol. The van der Waals surface area contributed by atoms with Gasteiger partial charge in [-0.25, -0.2) is 9.59 Å². The van der Waals surface area contributed by atoms with Crippen molar-refractivity contribution in [3.8, 4) is 0 Å². The molecule has 0 unspecified atom stereocenters. The number of ether oxygens (including phenoxy) is 2. The summed E-state index contributed by atoms with van der Waals surface area (Å²) in [7, 11) is 1.41. The molecule has 0 saturated carbocycles. The normalized spacial score (nSPS) is 11.1. The first-order chi connectivity index (χ1) is 10.1. The standard InChI is InChI=1S/C13H17N3O5/c1-3-20-13(19)16-10(11(17)14-2)8-21-12(18)9-5-4-6-15-7-9/h4-7,10H,3,8H2,1-2H3,(H,14,17)(H,16,19)/t10-/m0/s1. The van der Waals surface area contributed by atoms with Gasteiger partial charge in [-0.1, -0.05) is 0 Å². The van der Waals surface area contributed by atoms with Crippen LogP contribution in [0.3, 0.4) is 0 Å². The number of carbonyl (C=O) groups is 3. The first-order valence-corrected chi connectivity index (χ1v) is 6.30. The molecule has 1 aromatic heterocycles. The van der Waals surface area contributed by atoms with Crippen molar-refractivity contribution in [1.29, 1.82) is 0 Å². The maximum absolute atomic E-state index is 11.7. The van der Waals surface area contributed by atoms with Crippen LogP contribution in [0.15, 0.2) is 24.5 Å². The quantitative estimate of drug-likeness (QED) is 0.721. The van der Waals surface area contributed by atoms with Gasteiger partial charge in [0.05, 0.1) is 12.2 Å². The van der Waals surface area contributed by atoms with Crippen molar-refractivity contribution in [3.05, 3.63) is 30.1 Å². The number of amides is 2. The molecule has 1 heterocycles. The van der Waals surface area contributed by atoms with Gasteiger partial charge < -0.3 is 20.1 Å². The highest BCUT2D eigenvalue weighted by Crippen LogP contribution is 2.00. The maximum atomic E-state index is 11.7. The van der Waals surface area contributed by atoms with Gasteiger partial charge in [-0.3, -0.25) is 9.78 Å². The minimum atomic E-state index is -1.03. The summed E-state index contributed by atoms with van der Waals surface area (Å²) < 4.78 is 9.66. The van der Waals surface area contributed by atoms with E-state index in [1.807, 2.05) is 0 Å². The fraction of sp³-hybridized carbons (Fsp3) is 0.385. The number of aromatic nitrogens is 1. The molecule has 0 aliphatic carbocycles. The summed E-state index contributed by atoms with van der Waals surface area (Å²) in [6.45, 7) is 1.49. The number of esters is 1. The van der Waals surface area contributed by atoms with Crippen molar-refractivity contribution in [2.45, 2.75) is 13.0 Å². The molecule has 0 bridgehead atoms. The lowest BCUT2D eigenvalue weighted by Gasteiger charge is -2.16. The van der Waals surface area contributed by atoms with Crippen LogP contribution >= 0.6 is 0 Å². The van der Waals surface area contributed by atoms with Gasteiger partial charge in [0.1, 0.15) is 12.6 Å². The number of rotatable bonds is 6. The molecule has 0 radical (unpaired) electrons. The Hall–Kier alpha value is -2.64. The van der Waals surface area contributed by atoms with Crippen LogP contribution in [0.5, 0.6) is 0 Å². The van der Waals surface area contributed by atoms with Crippen LogP contribution < -0.4 is 10.6 Å². The summed E-state index contributed by atoms with van der Waals surface area (Å²) in [6, 6.07) is 2.09. The molecule has 1 atom stereocenters. The van der Waals surface area contributed by atoms with Crippen molar-refractivity contribution in [3.63, 3.8) is 0 Å². The number of alkyl carbamates (subject to hydrolysis) is 1. The minimum absolute atomic E-state index is 0.168. The lowest BCUT2D eigenvalue weighted by Crippen LogP contribution is -2.49. The van der Waals surface area contributed by atoms with Crippen molar-refractivity contribution >= 4 is 18.0 Å². The summed E-state index contributed by atoms with van der Waals surface area (Å²) in [5, 5.41) is 4.67. The number of hydrogen-bond donors (Lipinski definition) is 2. The first-order valence-electron chi connectivity index (χ1n) is 6.30. The Morgan fingerprint density at radius 1 is 1.33 bits per heavy atom. The van der Waals surface area contributed by atoms with Gasteiger partial charge in [-0.05, 0) is 19.1 Å². The Bertz CT molecular complexity index is 492. The Kier molecular flexibility index (Phi) is 6.66. The number of carbonyl (C=O) groups excluding carboxylic acids is 3. The van der Waals surface area contributed by atoms with E-state index in [2.05, 4.69) is 20.4 Å². The van der Waals surface area contributed by atoms with Gasteiger partial charge in [-0.2, -0.15) is 0 Å². The number of likely N-dealkylation sites (N-methyl/N-ethyl adjacent to an activating group) is 1. The van der Waals surface area contributed by atoms with Gasteiger partial charge in [0, 0.05) is 19.4 Å². The molecule has 8 nitrogen and oxygen atoms in total. The predicted octanol–water partition coefficient (Wildman–Crippen LogP) is 0.0991. The molecule has 2 amide bonds. The van der Waals surface area contributed by atoms with E-state index in [1.54, 1.807) is 13.0 Å². The molecule has 1 aromatic rings. The van der Waals surface area contributed by atoms with E-state index < -0.39 is 24.0 Å². The highest BCUT2D eigenvalue weighted by atomic mass is 16.6. The van der Waals surface area contributed by atoms with E-state index in [0.717, 1.165) is 0 Å². The Labute approximate surface area is 121 Å². The number of nitrogens with one attached hydrogen (secondary N) is 2. The number of nitrogens with zero attached hydrogens (tertiary/aromatic N) is 1. The van der Waals surface area contributed by atoms with E-state index in [0.29, 0.717) is 0 Å². The van der Waals surface area contributed by atoms with Crippen LogP contribution in [0.1, 0.15) is 17.3 Å². The third-order valence-corrected chi connectivity index (χ3v) is 2.41. The summed E-state index contributed by atoms with van der Waals surface area (Å²) in [4.78, 5) is 38.5. The molecule has 21 heavy (non-hydrogen) atoms. The summed E-state index contributed by atoms with van der Waals surface area (Å²) in [5.41, 5.74) is 0.254. The molecule has 0 aliphatic rings. The molecule has 114 valence electrons. The van der Waals surface area contributed by atoms with Gasteiger partial charge in [0.2, 0.25) is 5.91 Å². The van der Waals surface area contributed by atoms with Crippen LogP contribution in [-0.4, -0.2) is 49.3 Å². The van der Waals surface area contributed by atoms with Gasteiger partial charge in [-0.15, -0.1) is 0 Å². The summed E-state index contributed by atoms with van der Waals surface area (Å²) in [5.74, 6) is -1.13. The van der Waals surface area contributed by atoms with Crippen LogP contribution in [0.25, 0.3) is 0 Å². The SMILES string of the molecule is CCOC(=O)N[C@@H](COC(=O)c1cccnc1)C(=O)NC. The summed E-state index contributed by atoms with van der Waals surface area (Å²) in [6.07, 6.45) is 2.10. The average molecular weight is 295 g/mol. The molecule has 0 spiro atoms. The maximum Gasteiger partial charge on any atom is 0.407 e. The van der Waals surface area contributed by atoms with E-state index in [-0.39, 0.29) is 18.8 Å². The van der Waals surface area contributed by atoms with E-state index in [9.17, 15) is 14.4 Å². The Morgan fingerprint density at radius 3 is 2.67 bits per heavy atom. The van der Waals surface area contributed by atoms with E-state index in [1.165, 1.54) is 25.5 Å². The van der Waals surface area contributed by atoms with Gasteiger partial charge >= 0.3 is 12.1 Å². The highest BCUT2D eigenvalue weighted by Gasteiger charge is 2.22. The second-order valence-electron chi connectivity index (χ2n) is 3.87.